The highest BCUT2D eigenvalue weighted by Gasteiger charge is 2.22. The van der Waals surface area contributed by atoms with Crippen LogP contribution in [0.25, 0.3) is 5.52 Å². The summed E-state index contributed by atoms with van der Waals surface area (Å²) in [5.74, 6) is -0.360. The fourth-order valence-electron chi connectivity index (χ4n) is 2.91. The molecular formula is C21H24N4O2. The number of unbranched alkanes of at least 4 members (excludes halogenated alkanes) is 1. The van der Waals surface area contributed by atoms with Crippen molar-refractivity contribution in [1.29, 1.82) is 0 Å². The molecule has 1 atom stereocenters. The van der Waals surface area contributed by atoms with Crippen molar-refractivity contribution >= 4 is 17.3 Å². The largest absolute Gasteiger partial charge is 0.349 e. The summed E-state index contributed by atoms with van der Waals surface area (Å²) in [5, 5.41) is 5.82. The van der Waals surface area contributed by atoms with E-state index >= 15 is 0 Å². The number of aromatic nitrogens is 2. The van der Waals surface area contributed by atoms with Crippen molar-refractivity contribution < 1.29 is 9.59 Å². The number of nitrogens with one attached hydrogen (secondary N) is 2. The van der Waals surface area contributed by atoms with Gasteiger partial charge in [0.25, 0.3) is 11.8 Å². The molecule has 0 saturated heterocycles. The Labute approximate surface area is 158 Å². The second-order valence-electron chi connectivity index (χ2n) is 6.46. The fourth-order valence-corrected chi connectivity index (χ4v) is 2.91. The van der Waals surface area contributed by atoms with E-state index in [4.69, 9.17) is 0 Å². The van der Waals surface area contributed by atoms with Gasteiger partial charge in [-0.25, -0.2) is 4.98 Å². The first-order valence-electron chi connectivity index (χ1n) is 9.23. The quantitative estimate of drug-likeness (QED) is 0.631. The Morgan fingerprint density at radius 2 is 1.81 bits per heavy atom. The molecule has 0 aliphatic carbocycles. The Hall–Kier alpha value is -3.15. The number of hydrogen-bond acceptors (Lipinski definition) is 3. The van der Waals surface area contributed by atoms with Crippen LogP contribution in [0.3, 0.4) is 0 Å². The lowest BCUT2D eigenvalue weighted by Crippen LogP contribution is -2.28. The molecule has 1 unspecified atom stereocenters. The third kappa shape index (κ3) is 4.16. The van der Waals surface area contributed by atoms with Gasteiger partial charge in [0.05, 0.1) is 11.6 Å². The van der Waals surface area contributed by atoms with Gasteiger partial charge in [-0.2, -0.15) is 0 Å². The highest BCUT2D eigenvalue weighted by Crippen LogP contribution is 2.16. The molecule has 6 heteroatoms. The molecule has 3 aromatic rings. The zero-order valence-electron chi connectivity index (χ0n) is 15.6. The summed E-state index contributed by atoms with van der Waals surface area (Å²) in [6.07, 6.45) is 3.64. The van der Waals surface area contributed by atoms with E-state index in [0.29, 0.717) is 12.1 Å². The van der Waals surface area contributed by atoms with Crippen LogP contribution in [-0.2, 0) is 0 Å². The molecule has 2 amide bonds. The van der Waals surface area contributed by atoms with Gasteiger partial charge < -0.3 is 10.6 Å². The van der Waals surface area contributed by atoms with Crippen molar-refractivity contribution in [3.05, 3.63) is 71.8 Å². The number of fused-ring (bicyclic) bond motifs is 1. The van der Waals surface area contributed by atoms with Crippen molar-refractivity contribution in [3.8, 4) is 0 Å². The fraction of sp³-hybridized carbons (Fsp3) is 0.286. The average molecular weight is 364 g/mol. The van der Waals surface area contributed by atoms with Gasteiger partial charge in [-0.15, -0.1) is 0 Å². The van der Waals surface area contributed by atoms with Gasteiger partial charge in [0.2, 0.25) is 5.82 Å². The Morgan fingerprint density at radius 3 is 2.56 bits per heavy atom. The normalized spacial score (nSPS) is 11.9. The molecule has 3 rings (SSSR count). The number of hydrogen-bond donors (Lipinski definition) is 2. The summed E-state index contributed by atoms with van der Waals surface area (Å²) in [4.78, 5) is 29.7. The molecule has 1 aromatic carbocycles. The van der Waals surface area contributed by atoms with E-state index in [1.54, 1.807) is 16.7 Å². The molecule has 0 aliphatic heterocycles. The molecule has 0 fully saturated rings. The number of carbonyl (C=O) groups is 2. The molecule has 0 spiro atoms. The van der Waals surface area contributed by atoms with E-state index in [1.807, 2.05) is 49.4 Å². The Morgan fingerprint density at radius 1 is 1.07 bits per heavy atom. The molecule has 0 aliphatic rings. The van der Waals surface area contributed by atoms with Gasteiger partial charge in [0, 0.05) is 12.7 Å². The molecule has 0 bridgehead atoms. The number of imidazole rings is 1. The minimum atomic E-state index is -0.303. The van der Waals surface area contributed by atoms with Gasteiger partial charge in [0.1, 0.15) is 0 Å². The standard InChI is InChI=1S/C21H24N4O2/c1-3-4-13-22-21(27)19-24-18(17-12-8-9-14-25(17)19)20(26)23-15(2)16-10-6-5-7-11-16/h5-12,14-15H,3-4,13H2,1-2H3,(H,22,27)(H,23,26). The SMILES string of the molecule is CCCCNC(=O)c1nc(C(=O)NC(C)c2ccccc2)c2ccccn12. The van der Waals surface area contributed by atoms with Crippen LogP contribution in [0, 0.1) is 0 Å². The molecule has 2 heterocycles. The topological polar surface area (TPSA) is 75.5 Å². The first-order valence-corrected chi connectivity index (χ1v) is 9.23. The van der Waals surface area contributed by atoms with Gasteiger partial charge in [-0.05, 0) is 31.0 Å². The number of nitrogens with zero attached hydrogens (tertiary/aromatic N) is 2. The zero-order chi connectivity index (χ0) is 19.2. The van der Waals surface area contributed by atoms with E-state index in [0.717, 1.165) is 18.4 Å². The molecule has 2 aromatic heterocycles. The first-order chi connectivity index (χ1) is 13.1. The molecule has 0 saturated carbocycles. The molecule has 6 nitrogen and oxygen atoms in total. The third-order valence-electron chi connectivity index (χ3n) is 4.43. The van der Waals surface area contributed by atoms with Crippen LogP contribution in [0.4, 0.5) is 0 Å². The zero-order valence-corrected chi connectivity index (χ0v) is 15.6. The van der Waals surface area contributed by atoms with E-state index in [9.17, 15) is 9.59 Å². The van der Waals surface area contributed by atoms with Crippen LogP contribution in [-0.4, -0.2) is 27.7 Å². The van der Waals surface area contributed by atoms with Crippen molar-refractivity contribution in [3.63, 3.8) is 0 Å². The van der Waals surface area contributed by atoms with E-state index in [2.05, 4.69) is 22.5 Å². The summed E-state index contributed by atoms with van der Waals surface area (Å²) in [5.41, 5.74) is 1.86. The Bertz CT molecular complexity index is 934. The summed E-state index contributed by atoms with van der Waals surface area (Å²) in [6.45, 7) is 4.57. The maximum absolute atomic E-state index is 12.8. The van der Waals surface area contributed by atoms with E-state index in [1.165, 1.54) is 0 Å². The Kier molecular flexibility index (Phi) is 5.86. The first kappa shape index (κ1) is 18.6. The number of carbonyl (C=O) groups excluding carboxylic acids is 2. The minimum Gasteiger partial charge on any atom is -0.349 e. The van der Waals surface area contributed by atoms with E-state index in [-0.39, 0.29) is 29.4 Å². The highest BCUT2D eigenvalue weighted by molar-refractivity contribution is 6.02. The maximum atomic E-state index is 12.8. The highest BCUT2D eigenvalue weighted by atomic mass is 16.2. The number of pyridine rings is 1. The molecule has 140 valence electrons. The summed E-state index contributed by atoms with van der Waals surface area (Å²) < 4.78 is 1.66. The van der Waals surface area contributed by atoms with Crippen molar-refractivity contribution in [2.75, 3.05) is 6.54 Å². The predicted molar refractivity (Wildman–Crippen MR) is 105 cm³/mol. The minimum absolute atomic E-state index is 0.166. The second kappa shape index (κ2) is 8.49. The van der Waals surface area contributed by atoms with Crippen LogP contribution < -0.4 is 10.6 Å². The molecular weight excluding hydrogens is 340 g/mol. The molecule has 27 heavy (non-hydrogen) atoms. The van der Waals surface area contributed by atoms with Crippen LogP contribution >= 0.6 is 0 Å². The lowest BCUT2D eigenvalue weighted by atomic mass is 10.1. The summed E-state index contributed by atoms with van der Waals surface area (Å²) >= 11 is 0. The molecule has 0 radical (unpaired) electrons. The van der Waals surface area contributed by atoms with Gasteiger partial charge in [-0.1, -0.05) is 49.7 Å². The van der Waals surface area contributed by atoms with Crippen LogP contribution in [0.5, 0.6) is 0 Å². The average Bonchev–Trinajstić information content (AvgIpc) is 3.09. The van der Waals surface area contributed by atoms with Crippen LogP contribution in [0.2, 0.25) is 0 Å². The Balaban J connectivity index is 1.86. The lowest BCUT2D eigenvalue weighted by Gasteiger charge is -2.13. The summed E-state index contributed by atoms with van der Waals surface area (Å²) in [7, 11) is 0. The van der Waals surface area contributed by atoms with Crippen LogP contribution in [0.15, 0.2) is 54.7 Å². The van der Waals surface area contributed by atoms with E-state index < -0.39 is 0 Å². The summed E-state index contributed by atoms with van der Waals surface area (Å²) in [6, 6.07) is 15.0. The van der Waals surface area contributed by atoms with Crippen molar-refractivity contribution in [2.24, 2.45) is 0 Å². The number of rotatable bonds is 7. The smallest absolute Gasteiger partial charge is 0.287 e. The predicted octanol–water partition coefficient (Wildman–Crippen LogP) is 3.36. The van der Waals surface area contributed by atoms with Crippen LogP contribution in [0.1, 0.15) is 59.4 Å². The maximum Gasteiger partial charge on any atom is 0.287 e. The molecule has 2 N–H and O–H groups in total. The number of benzene rings is 1. The van der Waals surface area contributed by atoms with Gasteiger partial charge >= 0.3 is 0 Å². The van der Waals surface area contributed by atoms with Crippen molar-refractivity contribution in [2.45, 2.75) is 32.7 Å². The second-order valence-corrected chi connectivity index (χ2v) is 6.46. The van der Waals surface area contributed by atoms with Gasteiger partial charge in [-0.3, -0.25) is 14.0 Å². The monoisotopic (exact) mass is 364 g/mol. The van der Waals surface area contributed by atoms with Crippen molar-refractivity contribution in [1.82, 2.24) is 20.0 Å². The van der Waals surface area contributed by atoms with Gasteiger partial charge in [0.15, 0.2) is 5.69 Å². The lowest BCUT2D eigenvalue weighted by molar-refractivity contribution is 0.0937. The number of amides is 2. The third-order valence-corrected chi connectivity index (χ3v) is 4.43.